The number of esters is 1. The van der Waals surface area contributed by atoms with E-state index in [1.165, 1.54) is 33.3 Å². The molecule has 2 unspecified atom stereocenters. The van der Waals surface area contributed by atoms with Gasteiger partial charge in [0.05, 0.1) is 70.2 Å². The van der Waals surface area contributed by atoms with Crippen LogP contribution in [0.5, 0.6) is 0 Å². The van der Waals surface area contributed by atoms with Gasteiger partial charge in [0.1, 0.15) is 31.3 Å². The quantitative estimate of drug-likeness (QED) is 0.0653. The third kappa shape index (κ3) is 17.2. The van der Waals surface area contributed by atoms with E-state index in [-0.39, 0.29) is 68.8 Å². The molecular weight excluding hydrogens is 851 g/mol. The maximum Gasteiger partial charge on any atom is 0.328 e. The van der Waals surface area contributed by atoms with Crippen molar-refractivity contribution in [2.75, 3.05) is 81.6 Å². The van der Waals surface area contributed by atoms with Crippen molar-refractivity contribution in [3.05, 3.63) is 35.9 Å². The summed E-state index contributed by atoms with van der Waals surface area (Å²) in [5.74, 6) is -1.57. The van der Waals surface area contributed by atoms with Gasteiger partial charge in [-0.25, -0.2) is 4.79 Å². The Labute approximate surface area is 393 Å². The van der Waals surface area contributed by atoms with Crippen LogP contribution in [-0.4, -0.2) is 174 Å². The lowest BCUT2D eigenvalue weighted by molar-refractivity contribution is -0.149. The first-order chi connectivity index (χ1) is 31.4. The molecule has 1 aromatic rings. The second-order valence-corrected chi connectivity index (χ2v) is 17.7. The highest BCUT2D eigenvalue weighted by atomic mass is 16.5. The molecule has 0 saturated carbocycles. The Bertz CT molecular complexity index is 1710. The minimum Gasteiger partial charge on any atom is -0.467 e. The highest BCUT2D eigenvalue weighted by molar-refractivity contribution is 5.92. The van der Waals surface area contributed by atoms with Gasteiger partial charge >= 0.3 is 5.97 Å². The standard InChI is InChI=1S/C49H79N5O12/c1-14-24-64-25-26-65-27-28-66-31-41(56)52(9)43(33(5)6)47(58)51-42(32(3)4)48(59)53(10)44(34(7)15-2)39(61-11)30-40(55)54-23-19-22-38(54)45(62-12)35(8)46(57)50-37(49(60)63-13)29-36-20-17-16-18-21-36/h1,16-18,20-21,32-35,37-39,42-45H,15,19,22-31H2,2-13H3,(H,50,57)(H,51,58)/t34?,35-,37?,38+,39-,42+,43+,44+,45-/m1/s1. The van der Waals surface area contributed by atoms with E-state index in [4.69, 9.17) is 34.8 Å². The van der Waals surface area contributed by atoms with Crippen molar-refractivity contribution in [3.63, 3.8) is 0 Å². The normalized spacial score (nSPS) is 17.4. The van der Waals surface area contributed by atoms with Crippen molar-refractivity contribution in [3.8, 4) is 12.3 Å². The molecule has 1 fully saturated rings. The first-order valence-corrected chi connectivity index (χ1v) is 23.2. The summed E-state index contributed by atoms with van der Waals surface area (Å²) in [6.07, 6.45) is 5.86. The summed E-state index contributed by atoms with van der Waals surface area (Å²) in [4.78, 5) is 87.3. The molecule has 17 nitrogen and oxygen atoms in total. The van der Waals surface area contributed by atoms with Gasteiger partial charge in [0.2, 0.25) is 29.5 Å². The van der Waals surface area contributed by atoms with Crippen LogP contribution in [0, 0.1) is 36.0 Å². The molecule has 1 saturated heterocycles. The number of amides is 5. The van der Waals surface area contributed by atoms with E-state index in [0.717, 1.165) is 5.56 Å². The number of methoxy groups -OCH3 is 3. The number of hydrogen-bond donors (Lipinski definition) is 2. The van der Waals surface area contributed by atoms with E-state index >= 15 is 0 Å². The Morgan fingerprint density at radius 3 is 2.03 bits per heavy atom. The molecule has 0 bridgehead atoms. The van der Waals surface area contributed by atoms with Gasteiger partial charge in [-0.05, 0) is 36.2 Å². The zero-order chi connectivity index (χ0) is 49.5. The topological polar surface area (TPSA) is 192 Å². The monoisotopic (exact) mass is 930 g/mol. The van der Waals surface area contributed by atoms with Crippen molar-refractivity contribution >= 4 is 35.5 Å². The minimum absolute atomic E-state index is 0.0612. The number of hydrogen-bond acceptors (Lipinski definition) is 12. The van der Waals surface area contributed by atoms with E-state index in [0.29, 0.717) is 39.0 Å². The average Bonchev–Trinajstić information content (AvgIpc) is 3.79. The van der Waals surface area contributed by atoms with Crippen LogP contribution in [-0.2, 0) is 63.6 Å². The lowest BCUT2D eigenvalue weighted by atomic mass is 9.89. The van der Waals surface area contributed by atoms with E-state index in [1.807, 2.05) is 71.9 Å². The molecule has 5 amide bonds. The molecule has 1 aromatic carbocycles. The van der Waals surface area contributed by atoms with Crippen LogP contribution in [0.4, 0.5) is 0 Å². The Balaban J connectivity index is 2.21. The molecule has 372 valence electrons. The summed E-state index contributed by atoms with van der Waals surface area (Å²) in [7, 11) is 7.50. The van der Waals surface area contributed by atoms with Gasteiger partial charge in [0, 0.05) is 41.3 Å². The van der Waals surface area contributed by atoms with Gasteiger partial charge in [-0.15, -0.1) is 6.42 Å². The summed E-state index contributed by atoms with van der Waals surface area (Å²) in [6, 6.07) is 5.52. The maximum atomic E-state index is 14.5. The Morgan fingerprint density at radius 2 is 1.47 bits per heavy atom. The van der Waals surface area contributed by atoms with E-state index in [2.05, 4.69) is 16.6 Å². The molecule has 17 heteroatoms. The number of terminal acetylenes is 1. The number of nitrogens with one attached hydrogen (secondary N) is 2. The highest BCUT2D eigenvalue weighted by Crippen LogP contribution is 2.30. The fraction of sp³-hybridized carbons (Fsp3) is 0.714. The predicted octanol–water partition coefficient (Wildman–Crippen LogP) is 3.11. The molecule has 9 atom stereocenters. The summed E-state index contributed by atoms with van der Waals surface area (Å²) in [5.41, 5.74) is 0.856. The molecule has 1 aliphatic heterocycles. The highest BCUT2D eigenvalue weighted by Gasteiger charge is 2.44. The molecule has 0 spiro atoms. The molecule has 0 aliphatic carbocycles. The number of carbonyl (C=O) groups is 6. The van der Waals surface area contributed by atoms with Gasteiger partial charge in [0.25, 0.3) is 0 Å². The van der Waals surface area contributed by atoms with Crippen LogP contribution in [0.1, 0.15) is 79.7 Å². The number of nitrogens with zero attached hydrogens (tertiary/aromatic N) is 3. The summed E-state index contributed by atoms with van der Waals surface area (Å²) < 4.78 is 33.1. The van der Waals surface area contributed by atoms with Crippen molar-refractivity contribution in [1.82, 2.24) is 25.3 Å². The SMILES string of the molecule is C#CCOCCOCCOCC(=O)N(C)[C@H](C(=O)N[C@H](C(=O)N(C)[C@@H](C(C)CC)[C@@H](CC(=O)N1CCC[C@H]1[C@H](OC)[C@@H](C)C(=O)NC(Cc1ccccc1)C(=O)OC)OC)C(C)C)C(C)C. The lowest BCUT2D eigenvalue weighted by Gasteiger charge is -2.41. The second-order valence-electron chi connectivity index (χ2n) is 17.7. The predicted molar refractivity (Wildman–Crippen MR) is 250 cm³/mol. The number of carbonyl (C=O) groups excluding carboxylic acids is 6. The van der Waals surface area contributed by atoms with E-state index < -0.39 is 72.0 Å². The van der Waals surface area contributed by atoms with E-state index in [1.54, 1.807) is 23.8 Å². The third-order valence-electron chi connectivity index (χ3n) is 12.4. The molecule has 66 heavy (non-hydrogen) atoms. The molecular formula is C49H79N5O12. The fourth-order valence-electron chi connectivity index (χ4n) is 8.58. The Hall–Kier alpha value is -4.60. The van der Waals surface area contributed by atoms with E-state index in [9.17, 15) is 28.8 Å². The zero-order valence-corrected chi connectivity index (χ0v) is 41.5. The first-order valence-electron chi connectivity index (χ1n) is 23.2. The largest absolute Gasteiger partial charge is 0.467 e. The van der Waals surface area contributed by atoms with Crippen molar-refractivity contribution in [2.24, 2.45) is 23.7 Å². The average molecular weight is 930 g/mol. The lowest BCUT2D eigenvalue weighted by Crippen LogP contribution is -2.60. The zero-order valence-electron chi connectivity index (χ0n) is 41.5. The number of rotatable bonds is 30. The Morgan fingerprint density at radius 1 is 0.833 bits per heavy atom. The van der Waals surface area contributed by atoms with Gasteiger partial charge in [-0.2, -0.15) is 0 Å². The van der Waals surface area contributed by atoms with Crippen LogP contribution >= 0.6 is 0 Å². The smallest absolute Gasteiger partial charge is 0.328 e. The minimum atomic E-state index is -0.963. The van der Waals surface area contributed by atoms with Gasteiger partial charge in [-0.3, -0.25) is 24.0 Å². The first kappa shape index (κ1) is 57.5. The summed E-state index contributed by atoms with van der Waals surface area (Å²) in [6.45, 7) is 14.5. The number of ether oxygens (including phenoxy) is 6. The summed E-state index contributed by atoms with van der Waals surface area (Å²) >= 11 is 0. The number of benzene rings is 1. The molecule has 0 radical (unpaired) electrons. The molecule has 2 rings (SSSR count). The fourth-order valence-corrected chi connectivity index (χ4v) is 8.58. The molecule has 1 heterocycles. The van der Waals surface area contributed by atoms with Gasteiger partial charge < -0.3 is 53.8 Å². The van der Waals surface area contributed by atoms with Gasteiger partial charge in [0.15, 0.2) is 0 Å². The Kier molecular flexibility index (Phi) is 26.1. The van der Waals surface area contributed by atoms with Crippen molar-refractivity contribution in [1.29, 1.82) is 0 Å². The number of likely N-dealkylation sites (N-methyl/N-ethyl adjacent to an activating group) is 2. The summed E-state index contributed by atoms with van der Waals surface area (Å²) in [5, 5.41) is 5.81. The van der Waals surface area contributed by atoms with Crippen LogP contribution < -0.4 is 10.6 Å². The van der Waals surface area contributed by atoms with Crippen LogP contribution in [0.15, 0.2) is 30.3 Å². The van der Waals surface area contributed by atoms with Crippen LogP contribution in [0.3, 0.4) is 0 Å². The third-order valence-corrected chi connectivity index (χ3v) is 12.4. The van der Waals surface area contributed by atoms with Gasteiger partial charge in [-0.1, -0.05) is 91.1 Å². The second kappa shape index (κ2) is 29.9. The molecule has 0 aromatic heterocycles. The van der Waals surface area contributed by atoms with Crippen LogP contribution in [0.2, 0.25) is 0 Å². The number of likely N-dealkylation sites (tertiary alicyclic amines) is 1. The maximum absolute atomic E-state index is 14.5. The van der Waals surface area contributed by atoms with Crippen molar-refractivity contribution < 1.29 is 57.2 Å². The van der Waals surface area contributed by atoms with Crippen LogP contribution in [0.25, 0.3) is 0 Å². The molecule has 2 N–H and O–H groups in total. The molecule has 1 aliphatic rings. The van der Waals surface area contributed by atoms with Crippen molar-refractivity contribution in [2.45, 2.75) is 123 Å².